The minimum Gasteiger partial charge on any atom is -0.497 e. The number of rotatable bonds is 8. The lowest BCUT2D eigenvalue weighted by molar-refractivity contribution is 0.104. The first-order chi connectivity index (χ1) is 16.1. The van der Waals surface area contributed by atoms with Gasteiger partial charge in [0.15, 0.2) is 17.3 Å². The van der Waals surface area contributed by atoms with Gasteiger partial charge >= 0.3 is 0 Å². The van der Waals surface area contributed by atoms with Crippen molar-refractivity contribution in [3.63, 3.8) is 0 Å². The summed E-state index contributed by atoms with van der Waals surface area (Å²) < 4.78 is 27.4. The first-order valence-corrected chi connectivity index (χ1v) is 10.2. The number of ketones is 1. The number of carbonyl (C=O) groups is 1. The Hall–Kier alpha value is -4.13. The molecule has 1 aromatic heterocycles. The minimum atomic E-state index is -0.155. The SMILES string of the molecule is COc1ccc(C(=O)c2c(-c3cc(OC)c(OC)c(OC)c3)[nH]c3cccc(OC)c23)cc1. The van der Waals surface area contributed by atoms with Crippen LogP contribution in [0, 0.1) is 0 Å². The molecule has 0 saturated carbocycles. The molecule has 0 spiro atoms. The summed E-state index contributed by atoms with van der Waals surface area (Å²) >= 11 is 0. The predicted molar refractivity (Wildman–Crippen MR) is 126 cm³/mol. The van der Waals surface area contributed by atoms with Crippen molar-refractivity contribution in [3.8, 4) is 40.0 Å². The zero-order chi connectivity index (χ0) is 23.5. The van der Waals surface area contributed by atoms with E-state index in [0.29, 0.717) is 56.5 Å². The lowest BCUT2D eigenvalue weighted by Gasteiger charge is -2.14. The lowest BCUT2D eigenvalue weighted by Crippen LogP contribution is -2.04. The molecule has 4 aromatic rings. The number of fused-ring (bicyclic) bond motifs is 1. The highest BCUT2D eigenvalue weighted by atomic mass is 16.5. The van der Waals surface area contributed by atoms with E-state index in [1.54, 1.807) is 59.8 Å². The lowest BCUT2D eigenvalue weighted by atomic mass is 9.96. The summed E-state index contributed by atoms with van der Waals surface area (Å²) in [6.45, 7) is 0. The van der Waals surface area contributed by atoms with Crippen LogP contribution < -0.4 is 23.7 Å². The number of hydrogen-bond donors (Lipinski definition) is 1. The van der Waals surface area contributed by atoms with Crippen LogP contribution in [0.1, 0.15) is 15.9 Å². The second kappa shape index (κ2) is 9.16. The fourth-order valence-electron chi connectivity index (χ4n) is 3.94. The van der Waals surface area contributed by atoms with Gasteiger partial charge < -0.3 is 28.7 Å². The van der Waals surface area contributed by atoms with Crippen molar-refractivity contribution in [2.75, 3.05) is 35.5 Å². The van der Waals surface area contributed by atoms with Gasteiger partial charge in [0, 0.05) is 11.1 Å². The zero-order valence-corrected chi connectivity index (χ0v) is 19.1. The van der Waals surface area contributed by atoms with Gasteiger partial charge in [-0.05, 0) is 48.5 Å². The third-order valence-electron chi connectivity index (χ3n) is 5.54. The molecule has 33 heavy (non-hydrogen) atoms. The molecule has 1 N–H and O–H groups in total. The van der Waals surface area contributed by atoms with Crippen LogP contribution in [-0.4, -0.2) is 46.3 Å². The molecule has 3 aromatic carbocycles. The topological polar surface area (TPSA) is 79.0 Å². The largest absolute Gasteiger partial charge is 0.497 e. The molecule has 0 aliphatic heterocycles. The Morgan fingerprint density at radius 2 is 1.36 bits per heavy atom. The van der Waals surface area contributed by atoms with Crippen LogP contribution in [-0.2, 0) is 0 Å². The fraction of sp³-hybridized carbons (Fsp3) is 0.192. The maximum absolute atomic E-state index is 13.8. The van der Waals surface area contributed by atoms with Gasteiger partial charge in [0.25, 0.3) is 0 Å². The number of aromatic nitrogens is 1. The van der Waals surface area contributed by atoms with E-state index in [0.717, 1.165) is 5.52 Å². The third-order valence-corrected chi connectivity index (χ3v) is 5.54. The predicted octanol–water partition coefficient (Wildman–Crippen LogP) is 5.11. The Morgan fingerprint density at radius 3 is 1.91 bits per heavy atom. The van der Waals surface area contributed by atoms with E-state index in [9.17, 15) is 4.79 Å². The first-order valence-electron chi connectivity index (χ1n) is 10.2. The number of aromatic amines is 1. The molecule has 4 rings (SSSR count). The Morgan fingerprint density at radius 1 is 0.727 bits per heavy atom. The molecule has 0 saturated heterocycles. The number of benzene rings is 3. The Labute approximate surface area is 191 Å². The average Bonchev–Trinajstić information content (AvgIpc) is 3.27. The molecular weight excluding hydrogens is 422 g/mol. The van der Waals surface area contributed by atoms with Crippen LogP contribution in [0.2, 0.25) is 0 Å². The van der Waals surface area contributed by atoms with E-state index in [1.165, 1.54) is 0 Å². The van der Waals surface area contributed by atoms with Crippen molar-refractivity contribution in [1.82, 2.24) is 4.98 Å². The number of carbonyl (C=O) groups excluding carboxylic acids is 1. The van der Waals surface area contributed by atoms with Gasteiger partial charge in [0.05, 0.1) is 57.7 Å². The molecule has 0 bridgehead atoms. The van der Waals surface area contributed by atoms with E-state index < -0.39 is 0 Å². The highest BCUT2D eigenvalue weighted by Gasteiger charge is 2.25. The summed E-state index contributed by atoms with van der Waals surface area (Å²) in [5, 5.41) is 0.699. The molecule has 0 atom stereocenters. The second-order valence-electron chi connectivity index (χ2n) is 7.23. The summed E-state index contributed by atoms with van der Waals surface area (Å²) in [6.07, 6.45) is 0. The van der Waals surface area contributed by atoms with Crippen LogP contribution >= 0.6 is 0 Å². The smallest absolute Gasteiger partial charge is 0.203 e. The fourth-order valence-corrected chi connectivity index (χ4v) is 3.94. The summed E-state index contributed by atoms with van der Waals surface area (Å²) in [5.74, 6) is 2.56. The van der Waals surface area contributed by atoms with Gasteiger partial charge in [-0.25, -0.2) is 0 Å². The minimum absolute atomic E-state index is 0.155. The number of nitrogens with one attached hydrogen (secondary N) is 1. The summed E-state index contributed by atoms with van der Waals surface area (Å²) in [5.41, 5.74) is 3.11. The standard InChI is InChI=1S/C26H25NO6/c1-29-17-11-9-15(10-12-17)25(28)23-22-18(7-6-8-19(22)30-2)27-24(23)16-13-20(31-3)26(33-5)21(14-16)32-4/h6-14,27H,1-5H3. The molecule has 1 heterocycles. The van der Waals surface area contributed by atoms with Gasteiger partial charge in [0.1, 0.15) is 11.5 Å². The second-order valence-corrected chi connectivity index (χ2v) is 7.23. The Kier molecular flexibility index (Phi) is 6.13. The molecule has 0 unspecified atom stereocenters. The van der Waals surface area contributed by atoms with E-state index in [1.807, 2.05) is 30.3 Å². The van der Waals surface area contributed by atoms with Crippen LogP contribution in [0.15, 0.2) is 54.6 Å². The molecule has 0 radical (unpaired) electrons. The van der Waals surface area contributed by atoms with Crippen LogP contribution in [0.25, 0.3) is 22.2 Å². The van der Waals surface area contributed by atoms with E-state index in [-0.39, 0.29) is 5.78 Å². The van der Waals surface area contributed by atoms with Crippen molar-refractivity contribution < 1.29 is 28.5 Å². The number of ether oxygens (including phenoxy) is 5. The maximum atomic E-state index is 13.8. The molecule has 170 valence electrons. The van der Waals surface area contributed by atoms with Gasteiger partial charge in [0.2, 0.25) is 5.75 Å². The molecule has 0 amide bonds. The van der Waals surface area contributed by atoms with Gasteiger partial charge in [-0.2, -0.15) is 0 Å². The zero-order valence-electron chi connectivity index (χ0n) is 19.1. The van der Waals surface area contributed by atoms with Crippen molar-refractivity contribution in [2.24, 2.45) is 0 Å². The summed E-state index contributed by atoms with van der Waals surface area (Å²) in [4.78, 5) is 17.2. The normalized spacial score (nSPS) is 10.7. The van der Waals surface area contributed by atoms with E-state index >= 15 is 0 Å². The molecule has 0 aliphatic rings. The third kappa shape index (κ3) is 3.82. The molecule has 7 nitrogen and oxygen atoms in total. The molecular formula is C26H25NO6. The van der Waals surface area contributed by atoms with Crippen molar-refractivity contribution in [1.29, 1.82) is 0 Å². The monoisotopic (exact) mass is 447 g/mol. The van der Waals surface area contributed by atoms with Crippen molar-refractivity contribution >= 4 is 16.7 Å². The number of hydrogen-bond acceptors (Lipinski definition) is 6. The summed E-state index contributed by atoms with van der Waals surface area (Å²) in [7, 11) is 7.83. The van der Waals surface area contributed by atoms with Crippen molar-refractivity contribution in [3.05, 3.63) is 65.7 Å². The number of H-pyrrole nitrogens is 1. The molecule has 7 heteroatoms. The van der Waals surface area contributed by atoms with Crippen LogP contribution in [0.3, 0.4) is 0 Å². The Bertz CT molecular complexity index is 1280. The van der Waals surface area contributed by atoms with Gasteiger partial charge in [-0.15, -0.1) is 0 Å². The van der Waals surface area contributed by atoms with Crippen molar-refractivity contribution in [2.45, 2.75) is 0 Å². The maximum Gasteiger partial charge on any atom is 0.203 e. The summed E-state index contributed by atoms with van der Waals surface area (Å²) in [6, 6.07) is 16.2. The van der Waals surface area contributed by atoms with Crippen LogP contribution in [0.5, 0.6) is 28.7 Å². The van der Waals surface area contributed by atoms with E-state index in [4.69, 9.17) is 23.7 Å². The van der Waals surface area contributed by atoms with E-state index in [2.05, 4.69) is 4.98 Å². The quantitative estimate of drug-likeness (QED) is 0.378. The van der Waals surface area contributed by atoms with Gasteiger partial charge in [-0.1, -0.05) is 6.07 Å². The van der Waals surface area contributed by atoms with Gasteiger partial charge in [-0.3, -0.25) is 4.79 Å². The highest BCUT2D eigenvalue weighted by Crippen LogP contribution is 2.44. The highest BCUT2D eigenvalue weighted by molar-refractivity contribution is 6.21. The number of methoxy groups -OCH3 is 5. The average molecular weight is 447 g/mol. The first kappa shape index (κ1) is 22.1. The molecule has 0 fully saturated rings. The molecule has 0 aliphatic carbocycles. The Balaban J connectivity index is 2.01. The van der Waals surface area contributed by atoms with Crippen LogP contribution in [0.4, 0.5) is 0 Å².